The molecule has 33 heavy (non-hydrogen) atoms. The molecule has 0 amide bonds. The van der Waals surface area contributed by atoms with Crippen LogP contribution >= 0.6 is 23.8 Å². The molecule has 1 saturated heterocycles. The number of thiocarbonyl (C=S) groups is 1. The lowest BCUT2D eigenvalue weighted by Crippen LogP contribution is -2.29. The maximum atomic E-state index is 10.6. The Kier molecular flexibility index (Phi) is 5.56. The van der Waals surface area contributed by atoms with Gasteiger partial charge in [-0.2, -0.15) is 0 Å². The molecule has 1 aliphatic rings. The highest BCUT2D eigenvalue weighted by Crippen LogP contribution is 2.44. The summed E-state index contributed by atoms with van der Waals surface area (Å²) < 4.78 is 2.04. The van der Waals surface area contributed by atoms with Crippen LogP contribution in [0.15, 0.2) is 79.0 Å². The third kappa shape index (κ3) is 3.75. The van der Waals surface area contributed by atoms with Gasteiger partial charge >= 0.3 is 0 Å². The van der Waals surface area contributed by atoms with Crippen LogP contribution in [0.3, 0.4) is 0 Å². The van der Waals surface area contributed by atoms with E-state index >= 15 is 0 Å². The van der Waals surface area contributed by atoms with E-state index in [0.717, 1.165) is 28.3 Å². The number of aromatic hydroxyl groups is 1. The number of phenols is 1. The highest BCUT2D eigenvalue weighted by atomic mass is 35.5. The number of hydrogen-bond acceptors (Lipinski definition) is 3. The topological polar surface area (TPSA) is 53.3 Å². The Balaban J connectivity index is 1.70. The van der Waals surface area contributed by atoms with Crippen LogP contribution in [0.5, 0.6) is 5.75 Å². The van der Waals surface area contributed by atoms with Gasteiger partial charge in [0.2, 0.25) is 0 Å². The summed E-state index contributed by atoms with van der Waals surface area (Å²) >= 11 is 12.1. The Morgan fingerprint density at radius 2 is 1.76 bits per heavy atom. The molecule has 0 unspecified atom stereocenters. The molecule has 4 aromatic rings. The number of benzene rings is 2. The van der Waals surface area contributed by atoms with Crippen molar-refractivity contribution in [3.63, 3.8) is 0 Å². The quantitative estimate of drug-likeness (QED) is 0.354. The van der Waals surface area contributed by atoms with E-state index in [4.69, 9.17) is 23.8 Å². The van der Waals surface area contributed by atoms with Gasteiger partial charge in [-0.15, -0.1) is 0 Å². The number of aryl methyl sites for hydroxylation is 1. The average molecular weight is 475 g/mol. The van der Waals surface area contributed by atoms with E-state index in [1.54, 1.807) is 24.4 Å². The van der Waals surface area contributed by atoms with Gasteiger partial charge in [0.05, 0.1) is 23.5 Å². The first kappa shape index (κ1) is 21.5. The van der Waals surface area contributed by atoms with Crippen molar-refractivity contribution in [1.29, 1.82) is 0 Å². The van der Waals surface area contributed by atoms with Gasteiger partial charge in [-0.1, -0.05) is 35.9 Å². The average Bonchev–Trinajstić information content (AvgIpc) is 3.32. The minimum atomic E-state index is -0.138. The van der Waals surface area contributed by atoms with Crippen molar-refractivity contribution in [2.24, 2.45) is 0 Å². The van der Waals surface area contributed by atoms with Gasteiger partial charge < -0.3 is 19.9 Å². The molecule has 3 heterocycles. The molecule has 2 atom stereocenters. The second kappa shape index (κ2) is 8.54. The van der Waals surface area contributed by atoms with Gasteiger partial charge in [-0.25, -0.2) is 0 Å². The van der Waals surface area contributed by atoms with Crippen LogP contribution in [0.4, 0.5) is 5.69 Å². The number of rotatable bonds is 4. The molecule has 0 saturated carbocycles. The maximum Gasteiger partial charge on any atom is 0.174 e. The SMILES string of the molecule is Cc1cc([C@H]2[C@@H](c3ccccn3)NC(=S)N2c2ccccc2)c(C)n1-c1cc(Cl)ccc1O. The fraction of sp³-hybridized carbons (Fsp3) is 0.154. The smallest absolute Gasteiger partial charge is 0.174 e. The largest absolute Gasteiger partial charge is 0.506 e. The molecule has 166 valence electrons. The highest BCUT2D eigenvalue weighted by molar-refractivity contribution is 7.80. The van der Waals surface area contributed by atoms with Crippen LogP contribution in [0.25, 0.3) is 5.69 Å². The predicted octanol–water partition coefficient (Wildman–Crippen LogP) is 6.03. The van der Waals surface area contributed by atoms with Crippen LogP contribution in [0.2, 0.25) is 5.02 Å². The second-order valence-corrected chi connectivity index (χ2v) is 8.95. The Morgan fingerprint density at radius 3 is 2.48 bits per heavy atom. The molecule has 1 aliphatic heterocycles. The van der Waals surface area contributed by atoms with Crippen LogP contribution in [0.1, 0.15) is 34.7 Å². The molecule has 2 aromatic heterocycles. The Bertz CT molecular complexity index is 1320. The number of phenolic OH excluding ortho intramolecular Hbond substituents is 1. The molecule has 0 bridgehead atoms. The van der Waals surface area contributed by atoms with Crippen LogP contribution < -0.4 is 10.2 Å². The third-order valence-corrected chi connectivity index (χ3v) is 6.65. The molecule has 1 fully saturated rings. The van der Waals surface area contributed by atoms with Gasteiger partial charge in [0, 0.05) is 28.3 Å². The predicted molar refractivity (Wildman–Crippen MR) is 136 cm³/mol. The first-order valence-electron chi connectivity index (χ1n) is 10.7. The van der Waals surface area contributed by atoms with Gasteiger partial charge in [-0.3, -0.25) is 4.98 Å². The van der Waals surface area contributed by atoms with Crippen molar-refractivity contribution in [3.05, 3.63) is 107 Å². The van der Waals surface area contributed by atoms with Crippen molar-refractivity contribution in [1.82, 2.24) is 14.9 Å². The molecule has 2 N–H and O–H groups in total. The van der Waals surface area contributed by atoms with Crippen molar-refractivity contribution in [2.45, 2.75) is 25.9 Å². The summed E-state index contributed by atoms with van der Waals surface area (Å²) in [4.78, 5) is 6.78. The summed E-state index contributed by atoms with van der Waals surface area (Å²) in [7, 11) is 0. The van der Waals surface area contributed by atoms with Crippen molar-refractivity contribution >= 4 is 34.6 Å². The van der Waals surface area contributed by atoms with E-state index in [1.165, 1.54) is 0 Å². The molecule has 0 aliphatic carbocycles. The summed E-state index contributed by atoms with van der Waals surface area (Å²) in [6.45, 7) is 4.09. The first-order valence-corrected chi connectivity index (χ1v) is 11.5. The van der Waals surface area contributed by atoms with E-state index < -0.39 is 0 Å². The molecule has 0 radical (unpaired) electrons. The molecular weight excluding hydrogens is 452 g/mol. The number of pyridine rings is 1. The minimum absolute atomic E-state index is 0.129. The van der Waals surface area contributed by atoms with Gasteiger partial charge in [-0.05, 0) is 80.2 Å². The lowest BCUT2D eigenvalue weighted by Gasteiger charge is -2.28. The lowest BCUT2D eigenvalue weighted by atomic mass is 9.96. The number of halogens is 1. The van der Waals surface area contributed by atoms with E-state index in [9.17, 15) is 5.11 Å². The maximum absolute atomic E-state index is 10.6. The fourth-order valence-corrected chi connectivity index (χ4v) is 5.18. The van der Waals surface area contributed by atoms with E-state index in [2.05, 4.69) is 40.3 Å². The van der Waals surface area contributed by atoms with Crippen LogP contribution in [-0.2, 0) is 0 Å². The van der Waals surface area contributed by atoms with Gasteiger partial charge in [0.1, 0.15) is 5.75 Å². The zero-order valence-corrected chi connectivity index (χ0v) is 19.8. The zero-order chi connectivity index (χ0) is 23.1. The van der Waals surface area contributed by atoms with Crippen LogP contribution in [0, 0.1) is 13.8 Å². The summed E-state index contributed by atoms with van der Waals surface area (Å²) in [5, 5.41) is 15.3. The summed E-state index contributed by atoms with van der Waals surface area (Å²) in [5.41, 5.74) is 5.67. The number of aromatic nitrogens is 2. The van der Waals surface area contributed by atoms with E-state index in [0.29, 0.717) is 15.8 Å². The standard InChI is InChI=1S/C26H23ClN4OS/c1-16-14-20(17(2)30(16)22-15-18(27)11-12-23(22)32)25-24(21-10-6-7-13-28-21)29-26(33)31(25)19-8-4-3-5-9-19/h3-15,24-25,32H,1-2H3,(H,29,33)/t24-,25+/m1/s1. The summed E-state index contributed by atoms with van der Waals surface area (Å²) in [6.07, 6.45) is 1.80. The van der Waals surface area contributed by atoms with Gasteiger partial charge in [0.15, 0.2) is 5.11 Å². The summed E-state index contributed by atoms with van der Waals surface area (Å²) in [5.74, 6) is 0.175. The first-order chi connectivity index (χ1) is 16.0. The van der Waals surface area contributed by atoms with Crippen molar-refractivity contribution in [2.75, 3.05) is 4.90 Å². The van der Waals surface area contributed by atoms with E-state index in [-0.39, 0.29) is 17.8 Å². The van der Waals surface area contributed by atoms with Crippen LogP contribution in [-0.4, -0.2) is 19.8 Å². The second-order valence-electron chi connectivity index (χ2n) is 8.13. The fourth-order valence-electron chi connectivity index (χ4n) is 4.67. The van der Waals surface area contributed by atoms with Gasteiger partial charge in [0.25, 0.3) is 0 Å². The Morgan fingerprint density at radius 1 is 1.00 bits per heavy atom. The normalized spacial score (nSPS) is 17.9. The monoisotopic (exact) mass is 474 g/mol. The van der Waals surface area contributed by atoms with Crippen molar-refractivity contribution in [3.8, 4) is 11.4 Å². The van der Waals surface area contributed by atoms with E-state index in [1.807, 2.05) is 47.9 Å². The minimum Gasteiger partial charge on any atom is -0.506 e. The number of nitrogens with zero attached hydrogens (tertiary/aromatic N) is 3. The lowest BCUT2D eigenvalue weighted by molar-refractivity contribution is 0.471. The number of para-hydroxylation sites is 1. The number of anilines is 1. The Labute approximate surface area is 203 Å². The number of hydrogen-bond donors (Lipinski definition) is 2. The van der Waals surface area contributed by atoms with Crippen molar-refractivity contribution < 1.29 is 5.11 Å². The Hall–Kier alpha value is -3.35. The summed E-state index contributed by atoms with van der Waals surface area (Å²) in [6, 6.07) is 23.0. The molecule has 7 heteroatoms. The molecule has 0 spiro atoms. The highest BCUT2D eigenvalue weighted by Gasteiger charge is 2.42. The number of nitrogens with one attached hydrogen (secondary N) is 1. The molecule has 2 aromatic carbocycles. The molecular formula is C26H23ClN4OS. The zero-order valence-electron chi connectivity index (χ0n) is 18.2. The molecule has 5 nitrogen and oxygen atoms in total. The molecule has 5 rings (SSSR count). The third-order valence-electron chi connectivity index (χ3n) is 6.10.